The fourth-order valence-corrected chi connectivity index (χ4v) is 3.79. The topological polar surface area (TPSA) is 124 Å². The number of anilines is 1. The molecule has 0 aliphatic rings. The number of nitrogens with one attached hydrogen (secondary N) is 1. The van der Waals surface area contributed by atoms with Gasteiger partial charge in [-0.05, 0) is 54.1 Å². The zero-order valence-corrected chi connectivity index (χ0v) is 20.5. The van der Waals surface area contributed by atoms with Crippen molar-refractivity contribution in [2.75, 3.05) is 30.8 Å². The molecule has 10 nitrogen and oxygen atoms in total. The van der Waals surface area contributed by atoms with Crippen LogP contribution in [0.15, 0.2) is 84.0 Å². The van der Waals surface area contributed by atoms with E-state index in [1.54, 1.807) is 60.7 Å². The molecule has 0 atom stereocenters. The average Bonchev–Trinajstić information content (AvgIpc) is 2.87. The fraction of sp³-hybridized carbons (Fsp3) is 0.160. The molecule has 0 unspecified atom stereocenters. The van der Waals surface area contributed by atoms with Gasteiger partial charge < -0.3 is 14.2 Å². The number of esters is 1. The Morgan fingerprint density at radius 1 is 0.944 bits per heavy atom. The van der Waals surface area contributed by atoms with Crippen molar-refractivity contribution in [3.8, 4) is 17.2 Å². The third-order valence-corrected chi connectivity index (χ3v) is 5.78. The Morgan fingerprint density at radius 3 is 2.28 bits per heavy atom. The Hall–Kier alpha value is -4.38. The number of methoxy groups -OCH3 is 1. The molecule has 0 fully saturated rings. The van der Waals surface area contributed by atoms with Crippen molar-refractivity contribution >= 4 is 33.8 Å². The Balaban J connectivity index is 1.61. The van der Waals surface area contributed by atoms with Gasteiger partial charge in [0, 0.05) is 0 Å². The normalized spacial score (nSPS) is 11.1. The van der Waals surface area contributed by atoms with E-state index in [-0.39, 0.29) is 6.61 Å². The van der Waals surface area contributed by atoms with Gasteiger partial charge in [0.05, 0.1) is 25.3 Å². The number of hydrazone groups is 1. The van der Waals surface area contributed by atoms with E-state index < -0.39 is 28.4 Å². The molecule has 0 radical (unpaired) electrons. The number of carbonyl (C=O) groups is 2. The van der Waals surface area contributed by atoms with E-state index in [1.165, 1.54) is 13.3 Å². The molecule has 3 aromatic rings. The van der Waals surface area contributed by atoms with E-state index in [0.29, 0.717) is 28.5 Å². The monoisotopic (exact) mass is 511 g/mol. The summed E-state index contributed by atoms with van der Waals surface area (Å²) in [6, 6.07) is 22.1. The molecule has 1 N–H and O–H groups in total. The molecule has 1 amide bonds. The summed E-state index contributed by atoms with van der Waals surface area (Å²) in [5, 5.41) is 3.87. The number of nitrogens with zero attached hydrogens (tertiary/aromatic N) is 2. The van der Waals surface area contributed by atoms with Gasteiger partial charge in [0.2, 0.25) is 10.0 Å². The van der Waals surface area contributed by atoms with Crippen molar-refractivity contribution in [3.63, 3.8) is 0 Å². The number of carbonyl (C=O) groups excluding carboxylic acids is 2. The van der Waals surface area contributed by atoms with Crippen LogP contribution in [0.3, 0.4) is 0 Å². The SMILES string of the molecule is COC(=O)COc1cccc(/C=N\NC(=O)CN(c2ccc(Oc3ccccc3)cc2)S(C)(=O)=O)c1. The van der Waals surface area contributed by atoms with Crippen LogP contribution in [0.1, 0.15) is 5.56 Å². The van der Waals surface area contributed by atoms with Crippen LogP contribution in [0, 0.1) is 0 Å². The zero-order chi connectivity index (χ0) is 26.0. The molecule has 0 aromatic heterocycles. The number of para-hydroxylation sites is 1. The second kappa shape index (κ2) is 12.4. The van der Waals surface area contributed by atoms with Crippen molar-refractivity contribution in [2.45, 2.75) is 0 Å². The second-order valence-corrected chi connectivity index (χ2v) is 9.32. The van der Waals surface area contributed by atoms with Gasteiger partial charge in [-0.15, -0.1) is 0 Å². The van der Waals surface area contributed by atoms with Crippen molar-refractivity contribution in [2.24, 2.45) is 5.10 Å². The van der Waals surface area contributed by atoms with Crippen LogP contribution in [0.25, 0.3) is 0 Å². The second-order valence-electron chi connectivity index (χ2n) is 7.41. The number of sulfonamides is 1. The van der Waals surface area contributed by atoms with Crippen LogP contribution in [0.4, 0.5) is 5.69 Å². The van der Waals surface area contributed by atoms with Gasteiger partial charge in [0.1, 0.15) is 23.8 Å². The maximum Gasteiger partial charge on any atom is 0.343 e. The van der Waals surface area contributed by atoms with Crippen molar-refractivity contribution < 1.29 is 32.2 Å². The number of rotatable bonds is 11. The minimum Gasteiger partial charge on any atom is -0.482 e. The summed E-state index contributed by atoms with van der Waals surface area (Å²) in [7, 11) is -2.50. The Morgan fingerprint density at radius 2 is 1.61 bits per heavy atom. The van der Waals surface area contributed by atoms with Crippen LogP contribution >= 0.6 is 0 Å². The lowest BCUT2D eigenvalue weighted by Gasteiger charge is -2.21. The molecule has 0 bridgehead atoms. The van der Waals surface area contributed by atoms with E-state index in [9.17, 15) is 18.0 Å². The van der Waals surface area contributed by atoms with Crippen LogP contribution in [-0.2, 0) is 24.3 Å². The minimum atomic E-state index is -3.76. The predicted molar refractivity (Wildman–Crippen MR) is 135 cm³/mol. The van der Waals surface area contributed by atoms with Crippen LogP contribution in [0.2, 0.25) is 0 Å². The first-order valence-electron chi connectivity index (χ1n) is 10.7. The molecule has 0 saturated heterocycles. The van der Waals surface area contributed by atoms with Gasteiger partial charge in [-0.2, -0.15) is 5.10 Å². The molecule has 11 heteroatoms. The van der Waals surface area contributed by atoms with E-state index in [4.69, 9.17) is 9.47 Å². The lowest BCUT2D eigenvalue weighted by molar-refractivity contribution is -0.142. The molecule has 188 valence electrons. The predicted octanol–water partition coefficient (Wildman–Crippen LogP) is 2.95. The van der Waals surface area contributed by atoms with Crippen LogP contribution < -0.4 is 19.2 Å². The van der Waals surface area contributed by atoms with Crippen molar-refractivity contribution in [3.05, 3.63) is 84.4 Å². The summed E-state index contributed by atoms with van der Waals surface area (Å²) in [5.41, 5.74) is 3.20. The summed E-state index contributed by atoms with van der Waals surface area (Å²) in [6.45, 7) is -0.716. The number of hydrogen-bond donors (Lipinski definition) is 1. The van der Waals surface area contributed by atoms with Gasteiger partial charge in [-0.25, -0.2) is 18.6 Å². The summed E-state index contributed by atoms with van der Waals surface area (Å²) < 4.78 is 41.2. The number of hydrogen-bond acceptors (Lipinski definition) is 8. The lowest BCUT2D eigenvalue weighted by atomic mass is 10.2. The van der Waals surface area contributed by atoms with E-state index in [2.05, 4.69) is 15.3 Å². The minimum absolute atomic E-state index is 0.242. The van der Waals surface area contributed by atoms with Gasteiger partial charge >= 0.3 is 5.97 Å². The largest absolute Gasteiger partial charge is 0.482 e. The highest BCUT2D eigenvalue weighted by molar-refractivity contribution is 7.92. The van der Waals surface area contributed by atoms with Crippen LogP contribution in [0.5, 0.6) is 17.2 Å². The number of ether oxygens (including phenoxy) is 3. The summed E-state index contributed by atoms with van der Waals surface area (Å²) in [4.78, 5) is 23.6. The molecular formula is C25H25N3O7S. The molecule has 0 aliphatic carbocycles. The molecule has 0 saturated carbocycles. The van der Waals surface area contributed by atoms with E-state index in [0.717, 1.165) is 10.6 Å². The first-order chi connectivity index (χ1) is 17.2. The van der Waals surface area contributed by atoms with E-state index in [1.807, 2.05) is 18.2 Å². The average molecular weight is 512 g/mol. The van der Waals surface area contributed by atoms with Crippen LogP contribution in [-0.4, -0.2) is 53.0 Å². The van der Waals surface area contributed by atoms with Gasteiger partial charge in [-0.3, -0.25) is 9.10 Å². The first-order valence-corrected chi connectivity index (χ1v) is 12.5. The highest BCUT2D eigenvalue weighted by Crippen LogP contribution is 2.25. The summed E-state index contributed by atoms with van der Waals surface area (Å²) in [5.74, 6) is 0.418. The highest BCUT2D eigenvalue weighted by atomic mass is 32.2. The first kappa shape index (κ1) is 26.2. The molecular weight excluding hydrogens is 486 g/mol. The molecule has 3 rings (SSSR count). The fourth-order valence-electron chi connectivity index (χ4n) is 2.94. The number of amides is 1. The standard InChI is InChI=1S/C25H25N3O7S/c1-33-25(30)18-34-23-10-6-7-19(15-23)16-26-27-24(29)17-28(36(2,31)32)20-11-13-22(14-12-20)35-21-8-4-3-5-9-21/h3-16H,17-18H2,1-2H3,(H,27,29)/b26-16-. The third-order valence-electron chi connectivity index (χ3n) is 4.64. The smallest absolute Gasteiger partial charge is 0.343 e. The third kappa shape index (κ3) is 8.13. The molecule has 0 aliphatic heterocycles. The van der Waals surface area contributed by atoms with Crippen molar-refractivity contribution in [1.29, 1.82) is 0 Å². The molecule has 3 aromatic carbocycles. The van der Waals surface area contributed by atoms with Crippen molar-refractivity contribution in [1.82, 2.24) is 5.43 Å². The van der Waals surface area contributed by atoms with Gasteiger partial charge in [-0.1, -0.05) is 30.3 Å². The van der Waals surface area contributed by atoms with Gasteiger partial charge in [0.25, 0.3) is 5.91 Å². The molecule has 36 heavy (non-hydrogen) atoms. The maximum atomic E-state index is 12.4. The Bertz CT molecular complexity index is 1310. The lowest BCUT2D eigenvalue weighted by Crippen LogP contribution is -2.39. The van der Waals surface area contributed by atoms with Gasteiger partial charge in [0.15, 0.2) is 6.61 Å². The molecule has 0 heterocycles. The Kier molecular flexibility index (Phi) is 9.01. The van der Waals surface area contributed by atoms with E-state index >= 15 is 0 Å². The summed E-state index contributed by atoms with van der Waals surface area (Å²) >= 11 is 0. The number of benzene rings is 3. The maximum absolute atomic E-state index is 12.4. The zero-order valence-electron chi connectivity index (χ0n) is 19.7. The highest BCUT2D eigenvalue weighted by Gasteiger charge is 2.20. The quantitative estimate of drug-likeness (QED) is 0.238. The molecule has 0 spiro atoms. The summed E-state index contributed by atoms with van der Waals surface area (Å²) in [6.07, 6.45) is 2.38. The Labute approximate surface area is 209 Å².